The van der Waals surface area contributed by atoms with Crippen molar-refractivity contribution in [1.82, 2.24) is 0 Å². The SMILES string of the molecule is CC[S@](=O)c1ccccc1C(=O)OCC(=O)Nc1ccc(N2CCOCC2)cc1. The van der Waals surface area contributed by atoms with Crippen molar-refractivity contribution in [3.63, 3.8) is 0 Å². The number of ether oxygens (including phenoxy) is 2. The molecule has 0 unspecified atom stereocenters. The minimum absolute atomic E-state index is 0.218. The number of nitrogens with one attached hydrogen (secondary N) is 1. The molecule has 0 aromatic heterocycles. The second kappa shape index (κ2) is 10.2. The van der Waals surface area contributed by atoms with E-state index < -0.39 is 29.3 Å². The van der Waals surface area contributed by atoms with E-state index in [1.165, 1.54) is 0 Å². The molecule has 2 aromatic rings. The molecule has 7 nitrogen and oxygen atoms in total. The summed E-state index contributed by atoms with van der Waals surface area (Å²) in [5.41, 5.74) is 1.91. The largest absolute Gasteiger partial charge is 0.452 e. The first-order valence-electron chi connectivity index (χ1n) is 9.45. The zero-order chi connectivity index (χ0) is 20.6. The second-order valence-electron chi connectivity index (χ2n) is 6.40. The molecule has 8 heteroatoms. The van der Waals surface area contributed by atoms with Crippen LogP contribution in [0, 0.1) is 0 Å². The van der Waals surface area contributed by atoms with E-state index in [-0.39, 0.29) is 5.56 Å². The monoisotopic (exact) mass is 416 g/mol. The molecule has 1 aliphatic rings. The molecule has 0 spiro atoms. The highest BCUT2D eigenvalue weighted by Crippen LogP contribution is 2.19. The predicted molar refractivity (Wildman–Crippen MR) is 112 cm³/mol. The molecule has 1 aliphatic heterocycles. The van der Waals surface area contributed by atoms with Crippen molar-refractivity contribution in [3.05, 3.63) is 54.1 Å². The van der Waals surface area contributed by atoms with Crippen LogP contribution in [-0.2, 0) is 25.1 Å². The molecular weight excluding hydrogens is 392 g/mol. The van der Waals surface area contributed by atoms with Crippen molar-refractivity contribution in [2.45, 2.75) is 11.8 Å². The molecule has 1 atom stereocenters. The molecule has 29 heavy (non-hydrogen) atoms. The van der Waals surface area contributed by atoms with Gasteiger partial charge >= 0.3 is 5.97 Å². The summed E-state index contributed by atoms with van der Waals surface area (Å²) < 4.78 is 22.5. The van der Waals surface area contributed by atoms with Crippen molar-refractivity contribution in [3.8, 4) is 0 Å². The number of rotatable bonds is 7. The Balaban J connectivity index is 1.53. The highest BCUT2D eigenvalue weighted by atomic mass is 32.2. The van der Waals surface area contributed by atoms with Gasteiger partial charge in [0.15, 0.2) is 6.61 Å². The first-order chi connectivity index (χ1) is 14.1. The molecule has 1 amide bonds. The summed E-state index contributed by atoms with van der Waals surface area (Å²) in [4.78, 5) is 27.1. The number of anilines is 2. The number of hydrogen-bond acceptors (Lipinski definition) is 6. The molecule has 1 saturated heterocycles. The van der Waals surface area contributed by atoms with Crippen LogP contribution in [-0.4, -0.2) is 54.7 Å². The summed E-state index contributed by atoms with van der Waals surface area (Å²) >= 11 is 0. The molecule has 3 rings (SSSR count). The average Bonchev–Trinajstić information content (AvgIpc) is 2.78. The summed E-state index contributed by atoms with van der Waals surface area (Å²) in [7, 11) is -1.29. The number of morpholine rings is 1. The van der Waals surface area contributed by atoms with Crippen LogP contribution in [0.25, 0.3) is 0 Å². The van der Waals surface area contributed by atoms with Crippen LogP contribution >= 0.6 is 0 Å². The van der Waals surface area contributed by atoms with Gasteiger partial charge in [-0.1, -0.05) is 19.1 Å². The Bertz CT molecular complexity index is 879. The molecule has 1 fully saturated rings. The van der Waals surface area contributed by atoms with Gasteiger partial charge in [0.1, 0.15) is 0 Å². The maximum absolute atomic E-state index is 12.3. The van der Waals surface area contributed by atoms with E-state index >= 15 is 0 Å². The second-order valence-corrected chi connectivity index (χ2v) is 8.11. The van der Waals surface area contributed by atoms with Crippen molar-refractivity contribution in [2.75, 3.05) is 48.9 Å². The van der Waals surface area contributed by atoms with Gasteiger partial charge in [-0.3, -0.25) is 9.00 Å². The molecular formula is C21H24N2O5S. The van der Waals surface area contributed by atoms with Crippen molar-refractivity contribution >= 4 is 34.1 Å². The van der Waals surface area contributed by atoms with Crippen LogP contribution in [0.4, 0.5) is 11.4 Å². The van der Waals surface area contributed by atoms with Crippen molar-refractivity contribution in [1.29, 1.82) is 0 Å². The Labute approximate surface area is 172 Å². The van der Waals surface area contributed by atoms with Gasteiger partial charge < -0.3 is 19.7 Å². The third-order valence-corrected chi connectivity index (χ3v) is 5.85. The van der Waals surface area contributed by atoms with Gasteiger partial charge in [0.25, 0.3) is 5.91 Å². The third kappa shape index (κ3) is 5.65. The smallest absolute Gasteiger partial charge is 0.339 e. The standard InChI is InChI=1S/C21H24N2O5S/c1-2-29(26)19-6-4-3-5-18(19)21(25)28-15-20(24)22-16-7-9-17(10-8-16)23-11-13-27-14-12-23/h3-10H,2,11-15H2,1H3,(H,22,24)/t29-/m0/s1. The molecule has 2 aromatic carbocycles. The van der Waals surface area contributed by atoms with Crippen LogP contribution in [0.2, 0.25) is 0 Å². The Morgan fingerprint density at radius 2 is 1.79 bits per heavy atom. The topological polar surface area (TPSA) is 84.9 Å². The Morgan fingerprint density at radius 3 is 2.48 bits per heavy atom. The lowest BCUT2D eigenvalue weighted by Gasteiger charge is -2.28. The van der Waals surface area contributed by atoms with Crippen molar-refractivity contribution in [2.24, 2.45) is 0 Å². The minimum atomic E-state index is -1.29. The summed E-state index contributed by atoms with van der Waals surface area (Å²) in [6.45, 7) is 4.45. The lowest BCUT2D eigenvalue weighted by Crippen LogP contribution is -2.36. The first kappa shape index (κ1) is 21.0. The number of nitrogens with zero attached hydrogens (tertiary/aromatic N) is 1. The lowest BCUT2D eigenvalue weighted by atomic mass is 10.2. The number of amides is 1. The highest BCUT2D eigenvalue weighted by molar-refractivity contribution is 7.85. The van der Waals surface area contributed by atoms with Gasteiger partial charge in [0.2, 0.25) is 0 Å². The highest BCUT2D eigenvalue weighted by Gasteiger charge is 2.17. The lowest BCUT2D eigenvalue weighted by molar-refractivity contribution is -0.119. The van der Waals surface area contributed by atoms with E-state index in [0.29, 0.717) is 29.5 Å². The summed E-state index contributed by atoms with van der Waals surface area (Å²) in [5, 5.41) is 2.71. The zero-order valence-electron chi connectivity index (χ0n) is 16.3. The van der Waals surface area contributed by atoms with Gasteiger partial charge in [0, 0.05) is 30.2 Å². The van der Waals surface area contributed by atoms with Crippen molar-refractivity contribution < 1.29 is 23.3 Å². The maximum atomic E-state index is 12.3. The number of carbonyl (C=O) groups is 2. The first-order valence-corrected chi connectivity index (χ1v) is 10.8. The van der Waals surface area contributed by atoms with Crippen LogP contribution in [0.3, 0.4) is 0 Å². The molecule has 0 saturated carbocycles. The van der Waals surface area contributed by atoms with Crippen LogP contribution in [0.1, 0.15) is 17.3 Å². The Kier molecular flexibility index (Phi) is 7.37. The quantitative estimate of drug-likeness (QED) is 0.698. The molecule has 1 heterocycles. The third-order valence-electron chi connectivity index (χ3n) is 4.48. The van der Waals surface area contributed by atoms with Gasteiger partial charge in [-0.2, -0.15) is 0 Å². The van der Waals surface area contributed by atoms with E-state index in [2.05, 4.69) is 10.2 Å². The molecule has 0 bridgehead atoms. The van der Waals surface area contributed by atoms with Gasteiger partial charge in [-0.15, -0.1) is 0 Å². The van der Waals surface area contributed by atoms with E-state index in [4.69, 9.17) is 9.47 Å². The van der Waals surface area contributed by atoms with E-state index in [1.807, 2.05) is 24.3 Å². The number of esters is 1. The van der Waals surface area contributed by atoms with Crippen LogP contribution < -0.4 is 10.2 Å². The number of benzene rings is 2. The number of hydrogen-bond donors (Lipinski definition) is 1. The fourth-order valence-corrected chi connectivity index (χ4v) is 3.91. The molecule has 0 radical (unpaired) electrons. The van der Waals surface area contributed by atoms with Crippen LogP contribution in [0.5, 0.6) is 0 Å². The maximum Gasteiger partial charge on any atom is 0.339 e. The van der Waals surface area contributed by atoms with Crippen LogP contribution in [0.15, 0.2) is 53.4 Å². The Hall–Kier alpha value is -2.71. The fraction of sp³-hybridized carbons (Fsp3) is 0.333. The average molecular weight is 416 g/mol. The van der Waals surface area contributed by atoms with E-state index in [9.17, 15) is 13.8 Å². The molecule has 0 aliphatic carbocycles. The summed E-state index contributed by atoms with van der Waals surface area (Å²) in [6, 6.07) is 14.1. The van der Waals surface area contributed by atoms with E-state index in [0.717, 1.165) is 18.8 Å². The number of carbonyl (C=O) groups excluding carboxylic acids is 2. The Morgan fingerprint density at radius 1 is 1.10 bits per heavy atom. The minimum Gasteiger partial charge on any atom is -0.452 e. The fourth-order valence-electron chi connectivity index (χ4n) is 2.97. The normalized spacial score (nSPS) is 14.9. The van der Waals surface area contributed by atoms with Gasteiger partial charge in [0.05, 0.1) is 34.5 Å². The molecule has 1 N–H and O–H groups in total. The summed E-state index contributed by atoms with van der Waals surface area (Å²) in [5.74, 6) is -0.711. The van der Waals surface area contributed by atoms with Gasteiger partial charge in [-0.05, 0) is 36.4 Å². The zero-order valence-corrected chi connectivity index (χ0v) is 17.1. The summed E-state index contributed by atoms with van der Waals surface area (Å²) in [6.07, 6.45) is 0. The van der Waals surface area contributed by atoms with Gasteiger partial charge in [-0.25, -0.2) is 4.79 Å². The molecule has 154 valence electrons. The predicted octanol–water partition coefficient (Wildman–Crippen LogP) is 2.45. The van der Waals surface area contributed by atoms with E-state index in [1.54, 1.807) is 31.2 Å².